The van der Waals surface area contributed by atoms with E-state index in [2.05, 4.69) is 30.6 Å². The van der Waals surface area contributed by atoms with Crippen molar-refractivity contribution >= 4 is 27.5 Å². The molecule has 118 valence electrons. The van der Waals surface area contributed by atoms with Crippen LogP contribution in [-0.4, -0.2) is 39.8 Å². The number of halogens is 1. The SMILES string of the molecule is CC(=O)N1CCCC(CNCc2cnc3ccc(Br)cn23)C1. The van der Waals surface area contributed by atoms with Crippen molar-refractivity contribution in [1.82, 2.24) is 19.6 Å². The summed E-state index contributed by atoms with van der Waals surface area (Å²) in [6, 6.07) is 4.00. The number of amides is 1. The maximum absolute atomic E-state index is 11.5. The van der Waals surface area contributed by atoms with Crippen LogP contribution in [0.25, 0.3) is 5.65 Å². The molecule has 1 N–H and O–H groups in total. The van der Waals surface area contributed by atoms with Crippen LogP contribution in [-0.2, 0) is 11.3 Å². The zero-order valence-electron chi connectivity index (χ0n) is 12.8. The molecule has 0 aliphatic carbocycles. The third-order valence-corrected chi connectivity index (χ3v) is 4.72. The Bertz CT molecular complexity index is 669. The number of piperidine rings is 1. The Morgan fingerprint density at radius 2 is 2.36 bits per heavy atom. The predicted molar refractivity (Wildman–Crippen MR) is 89.6 cm³/mol. The lowest BCUT2D eigenvalue weighted by Crippen LogP contribution is -2.41. The van der Waals surface area contributed by atoms with Crippen LogP contribution in [0.5, 0.6) is 0 Å². The smallest absolute Gasteiger partial charge is 0.219 e. The van der Waals surface area contributed by atoms with Gasteiger partial charge in [0.15, 0.2) is 0 Å². The van der Waals surface area contributed by atoms with Gasteiger partial charge in [-0.3, -0.25) is 4.79 Å². The van der Waals surface area contributed by atoms with Gasteiger partial charge in [0.2, 0.25) is 5.91 Å². The molecule has 6 heteroatoms. The van der Waals surface area contributed by atoms with Crippen molar-refractivity contribution in [3.05, 3.63) is 34.7 Å². The number of aromatic nitrogens is 2. The third-order valence-electron chi connectivity index (χ3n) is 4.25. The molecule has 0 spiro atoms. The Hall–Kier alpha value is -1.40. The fourth-order valence-electron chi connectivity index (χ4n) is 3.06. The van der Waals surface area contributed by atoms with Gasteiger partial charge in [-0.1, -0.05) is 0 Å². The van der Waals surface area contributed by atoms with Crippen molar-refractivity contribution in [2.75, 3.05) is 19.6 Å². The summed E-state index contributed by atoms with van der Waals surface area (Å²) >= 11 is 3.50. The predicted octanol–water partition coefficient (Wildman–Crippen LogP) is 2.44. The first-order valence-electron chi connectivity index (χ1n) is 7.71. The van der Waals surface area contributed by atoms with Crippen molar-refractivity contribution < 1.29 is 4.79 Å². The minimum absolute atomic E-state index is 0.191. The minimum Gasteiger partial charge on any atom is -0.343 e. The molecule has 1 unspecified atom stereocenters. The van der Waals surface area contributed by atoms with Crippen LogP contribution in [0.15, 0.2) is 29.0 Å². The molecule has 0 bridgehead atoms. The van der Waals surface area contributed by atoms with E-state index >= 15 is 0 Å². The quantitative estimate of drug-likeness (QED) is 0.906. The van der Waals surface area contributed by atoms with E-state index in [0.717, 1.165) is 48.4 Å². The summed E-state index contributed by atoms with van der Waals surface area (Å²) in [5, 5.41) is 3.51. The number of carbonyl (C=O) groups excluding carboxylic acids is 1. The zero-order chi connectivity index (χ0) is 15.5. The second-order valence-corrected chi connectivity index (χ2v) is 6.84. The largest absolute Gasteiger partial charge is 0.343 e. The Labute approximate surface area is 138 Å². The molecule has 5 nitrogen and oxygen atoms in total. The van der Waals surface area contributed by atoms with Crippen molar-refractivity contribution in [1.29, 1.82) is 0 Å². The molecule has 3 rings (SSSR count). The van der Waals surface area contributed by atoms with E-state index in [0.29, 0.717) is 5.92 Å². The van der Waals surface area contributed by atoms with Gasteiger partial charge < -0.3 is 14.6 Å². The highest BCUT2D eigenvalue weighted by atomic mass is 79.9. The molecule has 0 saturated carbocycles. The number of nitrogens with one attached hydrogen (secondary N) is 1. The molecule has 1 aliphatic heterocycles. The second kappa shape index (κ2) is 6.79. The standard InChI is InChI=1S/C16H21BrN4O/c1-12(22)20-6-2-3-13(10-20)7-18-8-15-9-19-16-5-4-14(17)11-21(15)16/h4-5,9,11,13,18H,2-3,6-8,10H2,1H3. The highest BCUT2D eigenvalue weighted by Gasteiger charge is 2.21. The van der Waals surface area contributed by atoms with Crippen LogP contribution >= 0.6 is 15.9 Å². The first kappa shape index (κ1) is 15.5. The highest BCUT2D eigenvalue weighted by Crippen LogP contribution is 2.16. The first-order chi connectivity index (χ1) is 10.6. The van der Waals surface area contributed by atoms with Gasteiger partial charge >= 0.3 is 0 Å². The van der Waals surface area contributed by atoms with Crippen LogP contribution in [0.1, 0.15) is 25.5 Å². The lowest BCUT2D eigenvalue weighted by atomic mass is 9.98. The fraction of sp³-hybridized carbons (Fsp3) is 0.500. The minimum atomic E-state index is 0.191. The van der Waals surface area contributed by atoms with Crippen LogP contribution in [0, 0.1) is 5.92 Å². The van der Waals surface area contributed by atoms with Gasteiger partial charge in [0.05, 0.1) is 11.9 Å². The molecule has 2 aromatic heterocycles. The summed E-state index contributed by atoms with van der Waals surface area (Å²) < 4.78 is 3.14. The number of hydrogen-bond acceptors (Lipinski definition) is 3. The van der Waals surface area contributed by atoms with E-state index in [1.54, 1.807) is 6.92 Å². The van der Waals surface area contributed by atoms with Gasteiger partial charge in [-0.15, -0.1) is 0 Å². The molecule has 0 radical (unpaired) electrons. The number of fused-ring (bicyclic) bond motifs is 1. The van der Waals surface area contributed by atoms with Gasteiger partial charge in [-0.25, -0.2) is 4.98 Å². The molecular weight excluding hydrogens is 344 g/mol. The molecule has 3 heterocycles. The molecule has 1 fully saturated rings. The second-order valence-electron chi connectivity index (χ2n) is 5.93. The Kier molecular flexibility index (Phi) is 4.78. The van der Waals surface area contributed by atoms with E-state index < -0.39 is 0 Å². The summed E-state index contributed by atoms with van der Waals surface area (Å²) in [7, 11) is 0. The van der Waals surface area contributed by atoms with E-state index in [1.165, 1.54) is 6.42 Å². The molecule has 2 aromatic rings. The molecule has 22 heavy (non-hydrogen) atoms. The van der Waals surface area contributed by atoms with E-state index in [1.807, 2.05) is 29.4 Å². The third kappa shape index (κ3) is 3.50. The van der Waals surface area contributed by atoms with Gasteiger partial charge in [-0.05, 0) is 46.8 Å². The number of likely N-dealkylation sites (tertiary alicyclic amines) is 1. The Morgan fingerprint density at radius 1 is 1.50 bits per heavy atom. The summed E-state index contributed by atoms with van der Waals surface area (Å²) in [4.78, 5) is 17.8. The molecule has 0 aromatic carbocycles. The number of carbonyl (C=O) groups is 1. The van der Waals surface area contributed by atoms with Gasteiger partial charge in [0, 0.05) is 43.8 Å². The number of imidazole rings is 1. The van der Waals surface area contributed by atoms with E-state index in [4.69, 9.17) is 0 Å². The van der Waals surface area contributed by atoms with Gasteiger partial charge in [-0.2, -0.15) is 0 Å². The van der Waals surface area contributed by atoms with Crippen molar-refractivity contribution in [3.63, 3.8) is 0 Å². The van der Waals surface area contributed by atoms with Crippen LogP contribution in [0.3, 0.4) is 0 Å². The van der Waals surface area contributed by atoms with Crippen molar-refractivity contribution in [2.45, 2.75) is 26.3 Å². The summed E-state index contributed by atoms with van der Waals surface area (Å²) in [6.07, 6.45) is 6.25. The average molecular weight is 365 g/mol. The number of nitrogens with zero attached hydrogens (tertiary/aromatic N) is 3. The van der Waals surface area contributed by atoms with Gasteiger partial charge in [0.25, 0.3) is 0 Å². The number of rotatable bonds is 4. The summed E-state index contributed by atoms with van der Waals surface area (Å²) in [5.74, 6) is 0.736. The van der Waals surface area contributed by atoms with Crippen molar-refractivity contribution in [3.8, 4) is 0 Å². The fourth-order valence-corrected chi connectivity index (χ4v) is 3.39. The summed E-state index contributed by atoms with van der Waals surface area (Å²) in [5.41, 5.74) is 2.11. The van der Waals surface area contributed by atoms with Crippen molar-refractivity contribution in [2.24, 2.45) is 5.92 Å². The molecular formula is C16H21BrN4O. The molecule has 1 amide bonds. The van der Waals surface area contributed by atoms with Crippen LogP contribution in [0.4, 0.5) is 0 Å². The highest BCUT2D eigenvalue weighted by molar-refractivity contribution is 9.10. The topological polar surface area (TPSA) is 49.6 Å². The zero-order valence-corrected chi connectivity index (χ0v) is 14.3. The first-order valence-corrected chi connectivity index (χ1v) is 8.50. The Balaban J connectivity index is 1.56. The van der Waals surface area contributed by atoms with Crippen LogP contribution in [0.2, 0.25) is 0 Å². The maximum Gasteiger partial charge on any atom is 0.219 e. The lowest BCUT2D eigenvalue weighted by molar-refractivity contribution is -0.130. The average Bonchev–Trinajstić information content (AvgIpc) is 2.90. The number of hydrogen-bond donors (Lipinski definition) is 1. The van der Waals surface area contributed by atoms with E-state index in [9.17, 15) is 4.79 Å². The number of pyridine rings is 1. The monoisotopic (exact) mass is 364 g/mol. The Morgan fingerprint density at radius 3 is 3.18 bits per heavy atom. The molecule has 1 aliphatic rings. The molecule has 1 atom stereocenters. The van der Waals surface area contributed by atoms with Crippen LogP contribution < -0.4 is 5.32 Å². The lowest BCUT2D eigenvalue weighted by Gasteiger charge is -2.32. The maximum atomic E-state index is 11.5. The normalized spacial score (nSPS) is 18.8. The molecule has 1 saturated heterocycles. The summed E-state index contributed by atoms with van der Waals surface area (Å²) in [6.45, 7) is 5.17. The van der Waals surface area contributed by atoms with Gasteiger partial charge in [0.1, 0.15) is 5.65 Å². The van der Waals surface area contributed by atoms with E-state index in [-0.39, 0.29) is 5.91 Å².